The quantitative estimate of drug-likeness (QED) is 0.196. The second-order valence-corrected chi connectivity index (χ2v) is 9.66. The first-order valence-corrected chi connectivity index (χ1v) is 12.5. The summed E-state index contributed by atoms with van der Waals surface area (Å²) in [5.74, 6) is -0.156. The van der Waals surface area contributed by atoms with E-state index < -0.39 is 5.97 Å². The third-order valence-corrected chi connectivity index (χ3v) is 7.18. The summed E-state index contributed by atoms with van der Waals surface area (Å²) in [6, 6.07) is 15.9. The minimum absolute atomic E-state index is 0.186. The smallest absolute Gasteiger partial charge is 0.353 e. The highest BCUT2D eigenvalue weighted by Gasteiger charge is 2.35. The van der Waals surface area contributed by atoms with E-state index in [-0.39, 0.29) is 23.4 Å². The first-order chi connectivity index (χ1) is 16.0. The molecule has 2 aromatic carbocycles. The van der Waals surface area contributed by atoms with Crippen molar-refractivity contribution in [3.05, 3.63) is 85.4 Å². The predicted octanol–water partition coefficient (Wildman–Crippen LogP) is 6.37. The largest absolute Gasteiger partial charge is 0.490 e. The number of carbonyl (C=O) groups excluding carboxylic acids is 3. The molecule has 0 N–H and O–H groups in total. The van der Waals surface area contributed by atoms with Crippen LogP contribution >= 0.6 is 39.0 Å². The van der Waals surface area contributed by atoms with Crippen molar-refractivity contribution in [1.29, 1.82) is 0 Å². The number of hydrogen-bond acceptors (Lipinski definition) is 7. The van der Waals surface area contributed by atoms with Gasteiger partial charge in [0, 0.05) is 4.47 Å². The fourth-order valence-corrected chi connectivity index (χ4v) is 4.94. The topological polar surface area (TPSA) is 72.9 Å². The molecule has 0 unspecified atom stereocenters. The molecule has 33 heavy (non-hydrogen) atoms. The van der Waals surface area contributed by atoms with Gasteiger partial charge in [-0.15, -0.1) is 11.3 Å². The minimum Gasteiger partial charge on any atom is -0.490 e. The zero-order valence-electron chi connectivity index (χ0n) is 17.4. The van der Waals surface area contributed by atoms with E-state index in [1.54, 1.807) is 41.8 Å². The summed E-state index contributed by atoms with van der Waals surface area (Å²) in [7, 11) is 0. The van der Waals surface area contributed by atoms with Gasteiger partial charge >= 0.3 is 5.97 Å². The minimum atomic E-state index is -0.466. The summed E-state index contributed by atoms with van der Waals surface area (Å²) in [5, 5.41) is 1.47. The summed E-state index contributed by atoms with van der Waals surface area (Å²) in [6.07, 6.45) is 1.64. The van der Waals surface area contributed by atoms with Crippen molar-refractivity contribution in [2.45, 2.75) is 13.5 Å². The van der Waals surface area contributed by atoms with Crippen LogP contribution in [0.4, 0.5) is 4.79 Å². The maximum Gasteiger partial charge on any atom is 0.353 e. The summed E-state index contributed by atoms with van der Waals surface area (Å²) < 4.78 is 12.0. The molecule has 0 saturated carbocycles. The van der Waals surface area contributed by atoms with E-state index in [0.717, 1.165) is 21.8 Å². The Morgan fingerprint density at radius 3 is 2.64 bits per heavy atom. The van der Waals surface area contributed by atoms with Crippen LogP contribution in [0.25, 0.3) is 6.08 Å². The van der Waals surface area contributed by atoms with Gasteiger partial charge in [0.2, 0.25) is 0 Å². The molecule has 2 heterocycles. The molecule has 6 nitrogen and oxygen atoms in total. The van der Waals surface area contributed by atoms with Gasteiger partial charge < -0.3 is 9.47 Å². The number of carbonyl (C=O) groups is 3. The molecule has 3 aromatic rings. The number of amides is 2. The lowest BCUT2D eigenvalue weighted by atomic mass is 10.1. The van der Waals surface area contributed by atoms with E-state index in [1.807, 2.05) is 31.2 Å². The van der Waals surface area contributed by atoms with Gasteiger partial charge in [-0.25, -0.2) is 4.79 Å². The van der Waals surface area contributed by atoms with Crippen LogP contribution in [0.1, 0.15) is 27.7 Å². The fraction of sp³-hybridized carbons (Fsp3) is 0.125. The average molecular weight is 544 g/mol. The van der Waals surface area contributed by atoms with Gasteiger partial charge in [-0.05, 0) is 65.5 Å². The van der Waals surface area contributed by atoms with Crippen molar-refractivity contribution in [3.8, 4) is 11.5 Å². The SMILES string of the molecule is CCOc1cc(/C=C2\SC(=O)N(Cc3ccccc3Br)C2=O)ccc1OC(=O)c1cccs1. The highest BCUT2D eigenvalue weighted by molar-refractivity contribution is 9.10. The molecule has 0 radical (unpaired) electrons. The molecule has 0 bridgehead atoms. The van der Waals surface area contributed by atoms with Crippen molar-refractivity contribution in [2.75, 3.05) is 6.61 Å². The van der Waals surface area contributed by atoms with Gasteiger partial charge in [-0.3, -0.25) is 14.5 Å². The van der Waals surface area contributed by atoms with Crippen LogP contribution in [0, 0.1) is 0 Å². The molecule has 0 aliphatic carbocycles. The second-order valence-electron chi connectivity index (χ2n) is 6.87. The Morgan fingerprint density at radius 2 is 1.91 bits per heavy atom. The predicted molar refractivity (Wildman–Crippen MR) is 133 cm³/mol. The Kier molecular flexibility index (Phi) is 7.32. The number of nitrogens with zero attached hydrogens (tertiary/aromatic N) is 1. The fourth-order valence-electron chi connectivity index (χ4n) is 3.10. The average Bonchev–Trinajstić information content (AvgIpc) is 3.42. The Hall–Kier alpha value is -2.88. The summed E-state index contributed by atoms with van der Waals surface area (Å²) in [5.41, 5.74) is 1.50. The molecular weight excluding hydrogens is 526 g/mol. The summed E-state index contributed by atoms with van der Waals surface area (Å²) in [4.78, 5) is 39.7. The van der Waals surface area contributed by atoms with E-state index in [2.05, 4.69) is 15.9 Å². The molecule has 168 valence electrons. The van der Waals surface area contributed by atoms with Gasteiger partial charge in [-0.2, -0.15) is 0 Å². The number of esters is 1. The molecule has 0 spiro atoms. The molecule has 4 rings (SSSR count). The number of benzene rings is 2. The van der Waals surface area contributed by atoms with Crippen LogP contribution in [-0.2, 0) is 11.3 Å². The first-order valence-electron chi connectivity index (χ1n) is 9.97. The van der Waals surface area contributed by atoms with E-state index >= 15 is 0 Å². The Labute approximate surface area is 207 Å². The number of thioether (sulfide) groups is 1. The second kappa shape index (κ2) is 10.4. The highest BCUT2D eigenvalue weighted by Crippen LogP contribution is 2.36. The molecule has 1 aromatic heterocycles. The molecule has 2 amide bonds. The highest BCUT2D eigenvalue weighted by atomic mass is 79.9. The maximum absolute atomic E-state index is 12.9. The lowest BCUT2D eigenvalue weighted by molar-refractivity contribution is -0.123. The normalized spacial score (nSPS) is 14.7. The van der Waals surface area contributed by atoms with Gasteiger partial charge in [-0.1, -0.05) is 46.3 Å². The van der Waals surface area contributed by atoms with Gasteiger partial charge in [0.1, 0.15) is 4.88 Å². The Balaban J connectivity index is 1.55. The maximum atomic E-state index is 12.9. The van der Waals surface area contributed by atoms with Crippen LogP contribution < -0.4 is 9.47 Å². The molecule has 1 saturated heterocycles. The van der Waals surface area contributed by atoms with Crippen molar-refractivity contribution in [1.82, 2.24) is 4.90 Å². The number of rotatable bonds is 7. The number of imide groups is 1. The van der Waals surface area contributed by atoms with Crippen molar-refractivity contribution >= 4 is 62.2 Å². The van der Waals surface area contributed by atoms with Gasteiger partial charge in [0.25, 0.3) is 11.1 Å². The lowest BCUT2D eigenvalue weighted by Gasteiger charge is -2.13. The van der Waals surface area contributed by atoms with Gasteiger partial charge in [0.15, 0.2) is 11.5 Å². The zero-order valence-corrected chi connectivity index (χ0v) is 20.7. The zero-order chi connectivity index (χ0) is 23.4. The van der Waals surface area contributed by atoms with E-state index in [0.29, 0.717) is 27.7 Å². The molecule has 1 aliphatic heterocycles. The first kappa shape index (κ1) is 23.3. The molecular formula is C24H18BrNO5S2. The Bertz CT molecular complexity index is 1240. The molecule has 9 heteroatoms. The number of halogens is 1. The third-order valence-electron chi connectivity index (χ3n) is 4.65. The van der Waals surface area contributed by atoms with E-state index in [1.165, 1.54) is 16.2 Å². The molecule has 1 aliphatic rings. The molecule has 0 atom stereocenters. The number of thiophene rings is 1. The monoisotopic (exact) mass is 543 g/mol. The van der Waals surface area contributed by atoms with Crippen LogP contribution in [0.3, 0.4) is 0 Å². The van der Waals surface area contributed by atoms with Crippen LogP contribution in [-0.4, -0.2) is 28.6 Å². The number of hydrogen-bond donors (Lipinski definition) is 0. The van der Waals surface area contributed by atoms with Crippen molar-refractivity contribution in [3.63, 3.8) is 0 Å². The van der Waals surface area contributed by atoms with Crippen molar-refractivity contribution < 1.29 is 23.9 Å². The van der Waals surface area contributed by atoms with Crippen LogP contribution in [0.2, 0.25) is 0 Å². The van der Waals surface area contributed by atoms with Crippen LogP contribution in [0.15, 0.2) is 69.4 Å². The van der Waals surface area contributed by atoms with E-state index in [4.69, 9.17) is 9.47 Å². The van der Waals surface area contributed by atoms with Gasteiger partial charge in [0.05, 0.1) is 18.1 Å². The third kappa shape index (κ3) is 5.38. The number of ether oxygens (including phenoxy) is 2. The molecule has 1 fully saturated rings. The Morgan fingerprint density at radius 1 is 1.09 bits per heavy atom. The summed E-state index contributed by atoms with van der Waals surface area (Å²) >= 11 is 5.64. The van der Waals surface area contributed by atoms with E-state index in [9.17, 15) is 14.4 Å². The lowest BCUT2D eigenvalue weighted by Crippen LogP contribution is -2.27. The van der Waals surface area contributed by atoms with Crippen molar-refractivity contribution in [2.24, 2.45) is 0 Å². The van der Waals surface area contributed by atoms with Crippen LogP contribution in [0.5, 0.6) is 11.5 Å². The standard InChI is InChI=1S/C24H18BrNO5S2/c1-2-30-19-12-15(9-10-18(19)31-23(28)20-8-5-11-32-20)13-21-22(27)26(24(29)33-21)14-16-6-3-4-7-17(16)25/h3-13H,2,14H2,1H3/b21-13-. The summed E-state index contributed by atoms with van der Waals surface area (Å²) in [6.45, 7) is 2.38.